The molecule has 0 amide bonds. The Morgan fingerprint density at radius 2 is 1.96 bits per heavy atom. The van der Waals surface area contributed by atoms with Crippen molar-refractivity contribution in [2.75, 3.05) is 0 Å². The Hall–Kier alpha value is -2.71. The van der Waals surface area contributed by atoms with Crippen LogP contribution < -0.4 is 4.74 Å². The van der Waals surface area contributed by atoms with Gasteiger partial charge in [0.1, 0.15) is 17.3 Å². The van der Waals surface area contributed by atoms with Crippen LogP contribution in [0.3, 0.4) is 0 Å². The van der Waals surface area contributed by atoms with Crippen molar-refractivity contribution >= 4 is 15.5 Å². The molecule has 0 saturated carbocycles. The summed E-state index contributed by atoms with van der Waals surface area (Å²) in [4.78, 5) is 1.61. The van der Waals surface area contributed by atoms with Crippen molar-refractivity contribution in [1.82, 2.24) is 0 Å². The van der Waals surface area contributed by atoms with Crippen molar-refractivity contribution < 1.29 is 41.6 Å². The molecular weight excluding hydrogens is 397 g/mol. The van der Waals surface area contributed by atoms with Crippen molar-refractivity contribution in [2.45, 2.75) is 22.7 Å². The lowest BCUT2D eigenvalue weighted by Crippen LogP contribution is -2.28. The Kier molecular flexibility index (Phi) is 4.05. The number of rotatable bonds is 3. The van der Waals surface area contributed by atoms with Crippen molar-refractivity contribution in [3.8, 4) is 11.5 Å². The fourth-order valence-corrected chi connectivity index (χ4v) is 3.92. The van der Waals surface area contributed by atoms with Crippen LogP contribution in [0.4, 0.5) is 27.6 Å². The lowest BCUT2D eigenvalue weighted by Gasteiger charge is -2.17. The van der Waals surface area contributed by atoms with Gasteiger partial charge in [-0.2, -0.15) is 8.78 Å². The predicted octanol–water partition coefficient (Wildman–Crippen LogP) is 4.52. The second-order valence-electron chi connectivity index (χ2n) is 5.38. The number of sulfone groups is 1. The third-order valence-electron chi connectivity index (χ3n) is 3.74. The number of ether oxygens (including phenoxy) is 1. The fraction of sp³-hybridized carbons (Fsp3) is 0.188. The summed E-state index contributed by atoms with van der Waals surface area (Å²) in [5.41, 5.74) is -3.22. The minimum Gasteiger partial charge on any atom is -0.458 e. The van der Waals surface area contributed by atoms with E-state index >= 15 is 0 Å². The Labute approximate surface area is 150 Å². The highest BCUT2D eigenvalue weighted by atomic mass is 32.2. The van der Waals surface area contributed by atoms with Gasteiger partial charge in [0.05, 0.1) is 18.4 Å². The van der Waals surface area contributed by atoms with Gasteiger partial charge in [-0.3, -0.25) is 0 Å². The molecule has 11 heteroatoms. The maximum absolute atomic E-state index is 14.1. The van der Waals surface area contributed by atoms with E-state index in [1.165, 1.54) is 0 Å². The second-order valence-corrected chi connectivity index (χ2v) is 7.34. The highest BCUT2D eigenvalue weighted by Crippen LogP contribution is 2.53. The molecule has 1 aliphatic heterocycles. The normalized spacial score (nSPS) is 22.8. The number of fused-ring (bicyclic) bond motifs is 1. The van der Waals surface area contributed by atoms with Crippen LogP contribution in [0.1, 0.15) is 25.0 Å². The van der Waals surface area contributed by atoms with Crippen molar-refractivity contribution in [3.63, 3.8) is 0 Å². The number of alkyl halides is 4. The molecule has 142 valence electrons. The number of hydrogen-bond acceptors (Lipinski definition) is 4. The Bertz CT molecular complexity index is 1130. The Morgan fingerprint density at radius 3 is 2.56 bits per heavy atom. The largest absolute Gasteiger partial charge is 0.458 e. The lowest BCUT2D eigenvalue weighted by atomic mass is 10.0. The van der Waals surface area contributed by atoms with Gasteiger partial charge >= 0.3 is 5.25 Å². The smallest absolute Gasteiger partial charge is 0.379 e. The van der Waals surface area contributed by atoms with Gasteiger partial charge < -0.3 is 9.84 Å². The summed E-state index contributed by atoms with van der Waals surface area (Å²) >= 11 is 0. The van der Waals surface area contributed by atoms with Gasteiger partial charge in [-0.25, -0.2) is 26.4 Å². The molecule has 0 bridgehead atoms. The van der Waals surface area contributed by atoms with Gasteiger partial charge in [0.2, 0.25) is 9.84 Å². The molecule has 5 nitrogen and oxygen atoms in total. The minimum absolute atomic E-state index is 0.249. The first-order valence-corrected chi connectivity index (χ1v) is 8.49. The number of halogens is 5. The zero-order chi connectivity index (χ0) is 21.1. The first kappa shape index (κ1) is 17.7. The van der Waals surface area contributed by atoms with Crippen LogP contribution in [0.25, 0.3) is 4.85 Å². The molecule has 3 rings (SSSR count). The quantitative estimate of drug-likeness (QED) is 0.601. The molecule has 0 spiro atoms. The molecule has 0 aliphatic carbocycles. The third kappa shape index (κ3) is 2.81. The number of aliphatic hydroxyl groups is 1. The number of benzene rings is 2. The molecule has 27 heavy (non-hydrogen) atoms. The van der Waals surface area contributed by atoms with E-state index in [4.69, 9.17) is 12.7 Å². The van der Waals surface area contributed by atoms with E-state index in [0.717, 1.165) is 18.2 Å². The molecular formula is C16H8F5NO4S. The average molecular weight is 406 g/mol. The highest BCUT2D eigenvalue weighted by molar-refractivity contribution is 7.92. The molecule has 0 fully saturated rings. The number of hydrogen-bond donors (Lipinski definition) is 1. The summed E-state index contributed by atoms with van der Waals surface area (Å²) in [6, 6.07) is 3.62. The fourth-order valence-electron chi connectivity index (χ4n) is 2.56. The van der Waals surface area contributed by atoms with Crippen LogP contribution in [-0.4, -0.2) is 18.8 Å². The van der Waals surface area contributed by atoms with Gasteiger partial charge in [0, 0.05) is 11.6 Å². The predicted molar refractivity (Wildman–Crippen MR) is 81.2 cm³/mol. The summed E-state index contributed by atoms with van der Waals surface area (Å²) in [5, 5.41) is 4.72. The van der Waals surface area contributed by atoms with E-state index in [0.29, 0.717) is 12.1 Å². The molecule has 1 aliphatic rings. The SMILES string of the molecule is [2H]C1(O)c2c(ccc(Oc3cc(F)cc([N+]#[C-])c3)c2C(F)F)S(=O)(=O)C1(F)F. The molecule has 1 heterocycles. The van der Waals surface area contributed by atoms with Gasteiger partial charge in [-0.1, -0.05) is 0 Å². The standard InChI is InChI=1S/C16H8F5NO4S/c1-22-8-4-7(17)5-9(6-8)26-10-2-3-11-13(12(10)15(18)19)14(23)16(20,21)27(11,24)25/h2-6,14-15,23H/i14D. The average Bonchev–Trinajstić information content (AvgIpc) is 2.69. The van der Waals surface area contributed by atoms with Crippen LogP contribution in [0.5, 0.6) is 11.5 Å². The van der Waals surface area contributed by atoms with Crippen LogP contribution in [0.15, 0.2) is 35.2 Å². The maximum atomic E-state index is 14.1. The van der Waals surface area contributed by atoms with Crippen molar-refractivity contribution in [2.24, 2.45) is 0 Å². The van der Waals surface area contributed by atoms with E-state index in [9.17, 15) is 35.5 Å². The Balaban J connectivity index is 2.26. The molecule has 0 radical (unpaired) electrons. The van der Waals surface area contributed by atoms with Crippen molar-refractivity contribution in [1.29, 1.82) is 0 Å². The monoisotopic (exact) mass is 406 g/mol. The second kappa shape index (κ2) is 6.17. The maximum Gasteiger partial charge on any atom is 0.379 e. The van der Waals surface area contributed by atoms with E-state index in [1.807, 2.05) is 0 Å². The summed E-state index contributed by atoms with van der Waals surface area (Å²) < 4.78 is 105. The van der Waals surface area contributed by atoms with Gasteiger partial charge in [-0.15, -0.1) is 0 Å². The van der Waals surface area contributed by atoms with Gasteiger partial charge in [0.15, 0.2) is 11.8 Å². The topological polar surface area (TPSA) is 68.0 Å². The first-order valence-electron chi connectivity index (χ1n) is 7.51. The summed E-state index contributed by atoms with van der Waals surface area (Å²) in [6.45, 7) is 6.84. The summed E-state index contributed by atoms with van der Waals surface area (Å²) in [7, 11) is -5.61. The zero-order valence-electron chi connectivity index (χ0n) is 13.9. The van der Waals surface area contributed by atoms with Gasteiger partial charge in [0.25, 0.3) is 6.43 Å². The zero-order valence-corrected chi connectivity index (χ0v) is 13.7. The van der Waals surface area contributed by atoms with E-state index in [-0.39, 0.29) is 5.69 Å². The molecule has 0 saturated heterocycles. The van der Waals surface area contributed by atoms with Crippen LogP contribution in [0.2, 0.25) is 0 Å². The lowest BCUT2D eigenvalue weighted by molar-refractivity contribution is -0.0391. The molecule has 1 atom stereocenters. The Morgan fingerprint density at radius 1 is 1.30 bits per heavy atom. The van der Waals surface area contributed by atoms with E-state index in [1.54, 1.807) is 0 Å². The van der Waals surface area contributed by atoms with Crippen LogP contribution in [0, 0.1) is 12.4 Å². The summed E-state index contributed by atoms with van der Waals surface area (Å²) in [6.07, 6.45) is -7.82. The number of nitrogens with zero attached hydrogens (tertiary/aromatic N) is 1. The first-order chi connectivity index (χ1) is 12.8. The summed E-state index contributed by atoms with van der Waals surface area (Å²) in [5.74, 6) is -2.28. The van der Waals surface area contributed by atoms with E-state index < -0.39 is 60.9 Å². The molecule has 2 aromatic rings. The highest BCUT2D eigenvalue weighted by Gasteiger charge is 2.61. The molecule has 0 aromatic heterocycles. The van der Waals surface area contributed by atoms with Crippen LogP contribution >= 0.6 is 0 Å². The van der Waals surface area contributed by atoms with Gasteiger partial charge in [-0.05, 0) is 24.3 Å². The van der Waals surface area contributed by atoms with Crippen LogP contribution in [-0.2, 0) is 9.84 Å². The van der Waals surface area contributed by atoms with Crippen molar-refractivity contribution in [3.05, 3.63) is 58.7 Å². The molecule has 1 unspecified atom stereocenters. The third-order valence-corrected chi connectivity index (χ3v) is 5.53. The van der Waals surface area contributed by atoms with E-state index in [2.05, 4.69) is 4.85 Å². The minimum atomic E-state index is -5.61. The molecule has 1 N–H and O–H groups in total. The molecule has 2 aromatic carbocycles.